The van der Waals surface area contributed by atoms with Crippen LogP contribution in [0.2, 0.25) is 0 Å². The van der Waals surface area contributed by atoms with Crippen LogP contribution in [0.1, 0.15) is 21.7 Å². The van der Waals surface area contributed by atoms with Crippen molar-refractivity contribution in [1.82, 2.24) is 10.3 Å². The summed E-state index contributed by atoms with van der Waals surface area (Å²) >= 11 is 3.43. The Morgan fingerprint density at radius 3 is 2.69 bits per heavy atom. The Balaban J connectivity index is 1.34. The maximum absolute atomic E-state index is 12.2. The van der Waals surface area contributed by atoms with Crippen LogP contribution in [0, 0.1) is 0 Å². The van der Waals surface area contributed by atoms with E-state index < -0.39 is 0 Å². The van der Waals surface area contributed by atoms with Gasteiger partial charge in [-0.25, -0.2) is 4.98 Å². The highest BCUT2D eigenvalue weighted by Gasteiger charge is 2.07. The van der Waals surface area contributed by atoms with Crippen LogP contribution < -0.4 is 5.32 Å². The Bertz CT molecular complexity index is 975. The van der Waals surface area contributed by atoms with E-state index in [1.54, 1.807) is 35.4 Å². The van der Waals surface area contributed by atoms with E-state index in [9.17, 15) is 4.79 Å². The molecule has 6 heteroatoms. The quantitative estimate of drug-likeness (QED) is 0.472. The molecular weight excluding hydrogens is 364 g/mol. The summed E-state index contributed by atoms with van der Waals surface area (Å²) in [5, 5.41) is 2.85. The number of fused-ring (bicyclic) bond motifs is 1. The molecular formula is C20H16N2O2S2. The standard InChI is InChI=1S/C20H16N2O2S2/c23-19(21-12-16-4-3-11-24-16)15-9-7-14(8-10-15)13-25-20-22-17-5-1-2-6-18(17)26-20/h1-11H,12-13H2,(H,21,23). The summed E-state index contributed by atoms with van der Waals surface area (Å²) < 4.78 is 7.48. The summed E-state index contributed by atoms with van der Waals surface area (Å²) in [7, 11) is 0. The lowest BCUT2D eigenvalue weighted by Crippen LogP contribution is -2.22. The van der Waals surface area contributed by atoms with Gasteiger partial charge in [-0.1, -0.05) is 36.0 Å². The van der Waals surface area contributed by atoms with Crippen molar-refractivity contribution in [3.05, 3.63) is 83.8 Å². The van der Waals surface area contributed by atoms with Crippen LogP contribution in [0.4, 0.5) is 0 Å². The maximum Gasteiger partial charge on any atom is 0.251 e. The molecule has 0 aliphatic rings. The van der Waals surface area contributed by atoms with Gasteiger partial charge in [-0.05, 0) is 42.0 Å². The minimum absolute atomic E-state index is 0.105. The number of hydrogen-bond acceptors (Lipinski definition) is 5. The number of rotatable bonds is 6. The first-order chi connectivity index (χ1) is 12.8. The van der Waals surface area contributed by atoms with Gasteiger partial charge in [-0.3, -0.25) is 4.79 Å². The predicted octanol–water partition coefficient (Wildman–Crippen LogP) is 5.11. The third-order valence-electron chi connectivity index (χ3n) is 3.86. The van der Waals surface area contributed by atoms with Gasteiger partial charge < -0.3 is 9.73 Å². The molecule has 2 aromatic heterocycles. The minimum atomic E-state index is -0.105. The second-order valence-corrected chi connectivity index (χ2v) is 7.95. The van der Waals surface area contributed by atoms with Crippen LogP contribution in [0.3, 0.4) is 0 Å². The van der Waals surface area contributed by atoms with E-state index in [1.807, 2.05) is 48.5 Å². The van der Waals surface area contributed by atoms with E-state index in [2.05, 4.69) is 16.4 Å². The van der Waals surface area contributed by atoms with Crippen molar-refractivity contribution in [2.75, 3.05) is 0 Å². The fourth-order valence-electron chi connectivity index (χ4n) is 2.49. The second-order valence-electron chi connectivity index (χ2n) is 5.70. The molecule has 0 saturated heterocycles. The fourth-order valence-corrected chi connectivity index (χ4v) is 4.52. The molecule has 1 N–H and O–H groups in total. The number of amides is 1. The molecule has 0 radical (unpaired) electrons. The second kappa shape index (κ2) is 7.76. The van der Waals surface area contributed by atoms with E-state index in [1.165, 1.54) is 4.70 Å². The number of nitrogens with one attached hydrogen (secondary N) is 1. The van der Waals surface area contributed by atoms with Gasteiger partial charge in [0.1, 0.15) is 5.76 Å². The van der Waals surface area contributed by atoms with Gasteiger partial charge in [0.2, 0.25) is 0 Å². The summed E-state index contributed by atoms with van der Waals surface area (Å²) in [5.41, 5.74) is 2.85. The highest BCUT2D eigenvalue weighted by atomic mass is 32.2. The Labute approximate surface area is 159 Å². The molecule has 4 nitrogen and oxygen atoms in total. The number of para-hydroxylation sites is 1. The Hall–Kier alpha value is -2.57. The summed E-state index contributed by atoms with van der Waals surface area (Å²) in [4.78, 5) is 16.8. The number of furan rings is 1. The molecule has 130 valence electrons. The largest absolute Gasteiger partial charge is 0.467 e. The zero-order valence-corrected chi connectivity index (χ0v) is 15.5. The van der Waals surface area contributed by atoms with E-state index >= 15 is 0 Å². The van der Waals surface area contributed by atoms with Gasteiger partial charge in [0.15, 0.2) is 4.34 Å². The summed E-state index contributed by atoms with van der Waals surface area (Å²) in [6.07, 6.45) is 1.60. The van der Waals surface area contributed by atoms with Crippen LogP contribution in [0.25, 0.3) is 10.2 Å². The van der Waals surface area contributed by atoms with Crippen LogP contribution in [0.15, 0.2) is 75.7 Å². The van der Waals surface area contributed by atoms with Gasteiger partial charge in [0.25, 0.3) is 5.91 Å². The molecule has 4 aromatic rings. The average molecular weight is 380 g/mol. The van der Waals surface area contributed by atoms with Crippen molar-refractivity contribution in [2.45, 2.75) is 16.6 Å². The number of nitrogens with zero attached hydrogens (tertiary/aromatic N) is 1. The molecule has 0 bridgehead atoms. The van der Waals surface area contributed by atoms with Gasteiger partial charge in [0, 0.05) is 11.3 Å². The van der Waals surface area contributed by atoms with Crippen molar-refractivity contribution in [3.8, 4) is 0 Å². The molecule has 0 saturated carbocycles. The average Bonchev–Trinajstić information content (AvgIpc) is 3.34. The zero-order chi connectivity index (χ0) is 17.8. The summed E-state index contributed by atoms with van der Waals surface area (Å²) in [6, 6.07) is 19.5. The van der Waals surface area contributed by atoms with Crippen molar-refractivity contribution in [3.63, 3.8) is 0 Å². The number of aromatic nitrogens is 1. The number of thiazole rings is 1. The third kappa shape index (κ3) is 3.98. The smallest absolute Gasteiger partial charge is 0.251 e. The first-order valence-electron chi connectivity index (χ1n) is 8.16. The van der Waals surface area contributed by atoms with Gasteiger partial charge in [-0.15, -0.1) is 11.3 Å². The predicted molar refractivity (Wildman–Crippen MR) is 106 cm³/mol. The van der Waals surface area contributed by atoms with Crippen LogP contribution in [0.5, 0.6) is 0 Å². The molecule has 0 atom stereocenters. The molecule has 26 heavy (non-hydrogen) atoms. The van der Waals surface area contributed by atoms with Crippen molar-refractivity contribution >= 4 is 39.2 Å². The summed E-state index contributed by atoms with van der Waals surface area (Å²) in [5.74, 6) is 1.46. The molecule has 1 amide bonds. The molecule has 2 heterocycles. The number of thioether (sulfide) groups is 1. The summed E-state index contributed by atoms with van der Waals surface area (Å²) in [6.45, 7) is 0.390. The van der Waals surface area contributed by atoms with Crippen molar-refractivity contribution < 1.29 is 9.21 Å². The highest BCUT2D eigenvalue weighted by molar-refractivity contribution is 8.00. The molecule has 4 rings (SSSR count). The van der Waals surface area contributed by atoms with Gasteiger partial charge in [0.05, 0.1) is 23.0 Å². The molecule has 0 fully saturated rings. The number of carbonyl (C=O) groups is 1. The molecule has 2 aromatic carbocycles. The van der Waals surface area contributed by atoms with E-state index in [-0.39, 0.29) is 5.91 Å². The monoisotopic (exact) mass is 380 g/mol. The van der Waals surface area contributed by atoms with Crippen LogP contribution in [-0.4, -0.2) is 10.9 Å². The topological polar surface area (TPSA) is 55.1 Å². The Morgan fingerprint density at radius 1 is 1.08 bits per heavy atom. The SMILES string of the molecule is O=C(NCc1ccco1)c1ccc(CSc2nc3ccccc3s2)cc1. The van der Waals surface area contributed by atoms with E-state index in [4.69, 9.17) is 4.42 Å². The lowest BCUT2D eigenvalue weighted by atomic mass is 10.1. The molecule has 0 aliphatic carbocycles. The Morgan fingerprint density at radius 2 is 1.92 bits per heavy atom. The first-order valence-corrected chi connectivity index (χ1v) is 9.96. The van der Waals surface area contributed by atoms with Crippen LogP contribution >= 0.6 is 23.1 Å². The maximum atomic E-state index is 12.2. The third-order valence-corrected chi connectivity index (χ3v) is 6.11. The van der Waals surface area contributed by atoms with Gasteiger partial charge >= 0.3 is 0 Å². The first kappa shape index (κ1) is 16.9. The van der Waals surface area contributed by atoms with Crippen molar-refractivity contribution in [2.24, 2.45) is 0 Å². The molecule has 0 aliphatic heterocycles. The van der Waals surface area contributed by atoms with E-state index in [0.717, 1.165) is 26.9 Å². The Kier molecular flexibility index (Phi) is 5.04. The normalized spacial score (nSPS) is 10.9. The number of carbonyl (C=O) groups excluding carboxylic acids is 1. The van der Waals surface area contributed by atoms with Gasteiger partial charge in [-0.2, -0.15) is 0 Å². The number of hydrogen-bond donors (Lipinski definition) is 1. The zero-order valence-electron chi connectivity index (χ0n) is 13.8. The molecule has 0 spiro atoms. The lowest BCUT2D eigenvalue weighted by molar-refractivity contribution is 0.0948. The van der Waals surface area contributed by atoms with Crippen LogP contribution in [-0.2, 0) is 12.3 Å². The molecule has 0 unspecified atom stereocenters. The minimum Gasteiger partial charge on any atom is -0.467 e. The lowest BCUT2D eigenvalue weighted by Gasteiger charge is -2.05. The fraction of sp³-hybridized carbons (Fsp3) is 0.100. The number of benzene rings is 2. The highest BCUT2D eigenvalue weighted by Crippen LogP contribution is 2.31. The van der Waals surface area contributed by atoms with E-state index in [0.29, 0.717) is 12.1 Å². The van der Waals surface area contributed by atoms with Crippen molar-refractivity contribution in [1.29, 1.82) is 0 Å².